The van der Waals surface area contributed by atoms with Gasteiger partial charge < -0.3 is 9.64 Å². The number of nitrogens with zero attached hydrogens (tertiary/aromatic N) is 5. The minimum Gasteiger partial charge on any atom is -0.494 e. The maximum Gasteiger partial charge on any atom is 0.278 e. The number of halogens is 1. The van der Waals surface area contributed by atoms with Crippen LogP contribution in [0.4, 0.5) is 5.13 Å². The van der Waals surface area contributed by atoms with Crippen LogP contribution in [0.25, 0.3) is 10.2 Å². The monoisotopic (exact) mass is 437 g/mol. The number of hydrogen-bond donors (Lipinski definition) is 0. The number of aromatic nitrogens is 3. The van der Waals surface area contributed by atoms with Crippen LogP contribution in [0.3, 0.4) is 0 Å². The highest BCUT2D eigenvalue weighted by molar-refractivity contribution is 7.22. The van der Waals surface area contributed by atoms with Gasteiger partial charge in [-0.15, -0.1) is 12.4 Å². The van der Waals surface area contributed by atoms with Crippen LogP contribution in [0.5, 0.6) is 5.75 Å². The van der Waals surface area contributed by atoms with Gasteiger partial charge in [-0.1, -0.05) is 25.2 Å². The SMILES string of the molecule is CCOc1ccc2nc(N(CCN(CC)CC)C(=O)c3ccnn3C)sc2c1.Cl. The zero-order chi connectivity index (χ0) is 20.1. The van der Waals surface area contributed by atoms with E-state index in [2.05, 4.69) is 23.8 Å². The fourth-order valence-electron chi connectivity index (χ4n) is 3.05. The Balaban J connectivity index is 0.00000300. The van der Waals surface area contributed by atoms with Gasteiger partial charge in [0.25, 0.3) is 5.91 Å². The number of carbonyl (C=O) groups excluding carboxylic acids is 1. The van der Waals surface area contributed by atoms with Crippen LogP contribution in [0.15, 0.2) is 30.5 Å². The summed E-state index contributed by atoms with van der Waals surface area (Å²) in [7, 11) is 1.78. The molecule has 0 aliphatic rings. The highest BCUT2D eigenvalue weighted by Crippen LogP contribution is 2.32. The minimum absolute atomic E-state index is 0. The number of benzene rings is 1. The summed E-state index contributed by atoms with van der Waals surface area (Å²) in [6.07, 6.45) is 1.64. The third-order valence-corrected chi connectivity index (χ3v) is 5.75. The van der Waals surface area contributed by atoms with Crippen LogP contribution in [0.1, 0.15) is 31.3 Å². The van der Waals surface area contributed by atoms with Gasteiger partial charge in [-0.2, -0.15) is 5.10 Å². The molecule has 158 valence electrons. The first-order chi connectivity index (χ1) is 13.6. The predicted octanol–water partition coefficient (Wildman–Crippen LogP) is 3.84. The third kappa shape index (κ3) is 5.26. The first-order valence-corrected chi connectivity index (χ1v) is 10.4. The molecule has 3 rings (SSSR count). The van der Waals surface area contributed by atoms with Gasteiger partial charge in [-0.05, 0) is 44.3 Å². The molecular weight excluding hydrogens is 410 g/mol. The molecule has 0 bridgehead atoms. The van der Waals surface area contributed by atoms with Crippen LogP contribution in [0, 0.1) is 0 Å². The van der Waals surface area contributed by atoms with Gasteiger partial charge in [-0.3, -0.25) is 14.4 Å². The first-order valence-electron chi connectivity index (χ1n) is 9.62. The molecule has 0 spiro atoms. The van der Waals surface area contributed by atoms with E-state index in [0.29, 0.717) is 24.0 Å². The average molecular weight is 438 g/mol. The van der Waals surface area contributed by atoms with Crippen LogP contribution in [0.2, 0.25) is 0 Å². The molecule has 0 N–H and O–H groups in total. The number of rotatable bonds is 9. The Hall–Kier alpha value is -2.16. The van der Waals surface area contributed by atoms with E-state index >= 15 is 0 Å². The summed E-state index contributed by atoms with van der Waals surface area (Å²) in [6, 6.07) is 7.58. The lowest BCUT2D eigenvalue weighted by molar-refractivity contribution is 0.0974. The van der Waals surface area contributed by atoms with Crippen molar-refractivity contribution < 1.29 is 9.53 Å². The number of hydrogen-bond acceptors (Lipinski definition) is 6. The second-order valence-corrected chi connectivity index (χ2v) is 7.39. The summed E-state index contributed by atoms with van der Waals surface area (Å²) >= 11 is 1.51. The molecule has 9 heteroatoms. The van der Waals surface area contributed by atoms with Crippen LogP contribution in [-0.4, -0.2) is 58.4 Å². The van der Waals surface area contributed by atoms with E-state index in [4.69, 9.17) is 9.72 Å². The van der Waals surface area contributed by atoms with Crippen LogP contribution < -0.4 is 9.64 Å². The molecule has 29 heavy (non-hydrogen) atoms. The maximum absolute atomic E-state index is 13.3. The Morgan fingerprint density at radius 2 is 1.93 bits per heavy atom. The van der Waals surface area contributed by atoms with Crippen molar-refractivity contribution in [2.75, 3.05) is 37.7 Å². The van der Waals surface area contributed by atoms with Crippen molar-refractivity contribution in [1.82, 2.24) is 19.7 Å². The molecule has 7 nitrogen and oxygen atoms in total. The third-order valence-electron chi connectivity index (χ3n) is 4.71. The molecule has 3 aromatic rings. The molecule has 0 aliphatic heterocycles. The zero-order valence-corrected chi connectivity index (χ0v) is 18.9. The van der Waals surface area contributed by atoms with Gasteiger partial charge in [0.2, 0.25) is 0 Å². The van der Waals surface area contributed by atoms with Gasteiger partial charge >= 0.3 is 0 Å². The van der Waals surface area contributed by atoms with E-state index in [-0.39, 0.29) is 18.3 Å². The summed E-state index contributed by atoms with van der Waals surface area (Å²) in [5.41, 5.74) is 1.42. The Labute approximate surface area is 181 Å². The predicted molar refractivity (Wildman–Crippen MR) is 121 cm³/mol. The molecule has 1 amide bonds. The second kappa shape index (κ2) is 10.6. The quantitative estimate of drug-likeness (QED) is 0.509. The molecule has 0 atom stereocenters. The average Bonchev–Trinajstić information content (AvgIpc) is 3.30. The largest absolute Gasteiger partial charge is 0.494 e. The van der Waals surface area contributed by atoms with Crippen LogP contribution in [-0.2, 0) is 7.05 Å². The molecule has 0 unspecified atom stereocenters. The Bertz CT molecular complexity index is 938. The minimum atomic E-state index is -0.0868. The van der Waals surface area contributed by atoms with Crippen molar-refractivity contribution in [3.05, 3.63) is 36.2 Å². The number of aryl methyl sites for hydroxylation is 1. The van der Waals surface area contributed by atoms with Gasteiger partial charge in [0.05, 0.1) is 16.8 Å². The van der Waals surface area contributed by atoms with Crippen molar-refractivity contribution in [3.63, 3.8) is 0 Å². The highest BCUT2D eigenvalue weighted by atomic mass is 35.5. The van der Waals surface area contributed by atoms with Gasteiger partial charge in [0.15, 0.2) is 5.13 Å². The molecule has 0 radical (unpaired) electrons. The van der Waals surface area contributed by atoms with Gasteiger partial charge in [-0.25, -0.2) is 4.98 Å². The Kier molecular flexibility index (Phi) is 8.43. The van der Waals surface area contributed by atoms with E-state index in [9.17, 15) is 4.79 Å². The summed E-state index contributed by atoms with van der Waals surface area (Å²) < 4.78 is 8.20. The summed E-state index contributed by atoms with van der Waals surface area (Å²) in [4.78, 5) is 22.0. The first kappa shape index (κ1) is 23.1. The van der Waals surface area contributed by atoms with E-state index in [1.54, 1.807) is 28.9 Å². The number of amides is 1. The van der Waals surface area contributed by atoms with E-state index < -0.39 is 0 Å². The lowest BCUT2D eigenvalue weighted by Gasteiger charge is -2.24. The molecule has 0 aliphatic carbocycles. The van der Waals surface area contributed by atoms with Crippen molar-refractivity contribution in [1.29, 1.82) is 0 Å². The number of likely N-dealkylation sites (N-methyl/N-ethyl adjacent to an activating group) is 1. The van der Waals surface area contributed by atoms with Crippen molar-refractivity contribution >= 4 is 45.0 Å². The van der Waals surface area contributed by atoms with E-state index in [1.807, 2.05) is 25.1 Å². The standard InChI is InChI=1S/C20H27N5O2S.ClH/c1-5-24(6-2)12-13-25(19(26)17-10-11-21-23(17)4)20-22-16-9-8-15(27-7-3)14-18(16)28-20;/h8-11,14H,5-7,12-13H2,1-4H3;1H. The number of ether oxygens (including phenoxy) is 1. The maximum atomic E-state index is 13.3. The number of fused-ring (bicyclic) bond motifs is 1. The molecule has 0 saturated carbocycles. The molecule has 1 aromatic carbocycles. The smallest absolute Gasteiger partial charge is 0.278 e. The molecule has 2 aromatic heterocycles. The highest BCUT2D eigenvalue weighted by Gasteiger charge is 2.24. The van der Waals surface area contributed by atoms with Gasteiger partial charge in [0, 0.05) is 26.3 Å². The molecule has 2 heterocycles. The van der Waals surface area contributed by atoms with Crippen molar-refractivity contribution in [2.45, 2.75) is 20.8 Å². The lowest BCUT2D eigenvalue weighted by Crippen LogP contribution is -2.39. The molecule has 0 fully saturated rings. The Morgan fingerprint density at radius 1 is 1.17 bits per heavy atom. The molecular formula is C20H28ClN5O2S. The van der Waals surface area contributed by atoms with E-state index in [1.165, 1.54) is 11.3 Å². The number of carbonyl (C=O) groups is 1. The topological polar surface area (TPSA) is 63.5 Å². The summed E-state index contributed by atoms with van der Waals surface area (Å²) in [6.45, 7) is 10.1. The Morgan fingerprint density at radius 3 is 2.55 bits per heavy atom. The number of anilines is 1. The van der Waals surface area contributed by atoms with E-state index in [0.717, 1.165) is 35.6 Å². The van der Waals surface area contributed by atoms with Gasteiger partial charge in [0.1, 0.15) is 11.4 Å². The lowest BCUT2D eigenvalue weighted by atomic mass is 10.3. The summed E-state index contributed by atoms with van der Waals surface area (Å²) in [5.74, 6) is 0.731. The van der Waals surface area contributed by atoms with Crippen molar-refractivity contribution in [2.24, 2.45) is 7.05 Å². The molecule has 0 saturated heterocycles. The van der Waals surface area contributed by atoms with Crippen molar-refractivity contribution in [3.8, 4) is 5.75 Å². The fourth-order valence-corrected chi connectivity index (χ4v) is 4.07. The van der Waals surface area contributed by atoms with Crippen LogP contribution >= 0.6 is 23.7 Å². The zero-order valence-electron chi connectivity index (χ0n) is 17.3. The normalized spacial score (nSPS) is 10.9. The summed E-state index contributed by atoms with van der Waals surface area (Å²) in [5, 5.41) is 4.84. The fraction of sp³-hybridized carbons (Fsp3) is 0.450. The second-order valence-electron chi connectivity index (χ2n) is 6.38. The number of thiazole rings is 1.